The fourth-order valence-corrected chi connectivity index (χ4v) is 3.51. The van der Waals surface area contributed by atoms with Crippen molar-refractivity contribution in [1.82, 2.24) is 10.2 Å². The molecule has 3 rings (SSSR count). The van der Waals surface area contributed by atoms with Gasteiger partial charge in [0.05, 0.1) is 16.6 Å². The molecule has 0 unspecified atom stereocenters. The van der Waals surface area contributed by atoms with E-state index in [4.69, 9.17) is 5.73 Å². The summed E-state index contributed by atoms with van der Waals surface area (Å²) in [5, 5.41) is 14.3. The van der Waals surface area contributed by atoms with E-state index in [1.165, 1.54) is 0 Å². The second-order valence-electron chi connectivity index (χ2n) is 6.36. The Labute approximate surface area is 132 Å². The monoisotopic (exact) mass is 322 g/mol. The molecule has 124 valence electrons. The van der Waals surface area contributed by atoms with Crippen LogP contribution in [0.25, 0.3) is 0 Å². The number of hydrogen-bond donors (Lipinski definition) is 2. The standard InChI is InChI=1S/C15H19FN4O3/c16-10-7-11(13(17)12(8-10)20(22)23)14(21)19-5-2-15(3-6-19)1-4-18-9-15/h7-8,18H,1-6,9,17H2. The molecule has 2 aliphatic rings. The van der Waals surface area contributed by atoms with Crippen molar-refractivity contribution in [1.29, 1.82) is 0 Å². The summed E-state index contributed by atoms with van der Waals surface area (Å²) in [6.07, 6.45) is 2.86. The van der Waals surface area contributed by atoms with E-state index in [2.05, 4.69) is 5.32 Å². The maximum atomic E-state index is 13.6. The third-order valence-electron chi connectivity index (χ3n) is 4.99. The van der Waals surface area contributed by atoms with Gasteiger partial charge >= 0.3 is 0 Å². The Morgan fingerprint density at radius 2 is 2.04 bits per heavy atom. The molecule has 1 aromatic rings. The van der Waals surface area contributed by atoms with Crippen LogP contribution in [0, 0.1) is 21.3 Å². The number of rotatable bonds is 2. The summed E-state index contributed by atoms with van der Waals surface area (Å²) in [5.41, 5.74) is 4.99. The minimum Gasteiger partial charge on any atom is -0.393 e. The second-order valence-corrected chi connectivity index (χ2v) is 6.36. The number of likely N-dealkylation sites (tertiary alicyclic amines) is 1. The van der Waals surface area contributed by atoms with E-state index in [-0.39, 0.29) is 16.7 Å². The number of piperidine rings is 1. The maximum Gasteiger partial charge on any atom is 0.295 e. The van der Waals surface area contributed by atoms with Crippen molar-refractivity contribution >= 4 is 17.3 Å². The van der Waals surface area contributed by atoms with E-state index < -0.39 is 22.3 Å². The number of halogens is 1. The van der Waals surface area contributed by atoms with E-state index in [0.717, 1.165) is 44.5 Å². The first-order valence-corrected chi connectivity index (χ1v) is 7.65. The summed E-state index contributed by atoms with van der Waals surface area (Å²) in [6.45, 7) is 3.08. The Balaban J connectivity index is 1.80. The van der Waals surface area contributed by atoms with Gasteiger partial charge in [-0.15, -0.1) is 0 Å². The number of nitrogens with zero attached hydrogens (tertiary/aromatic N) is 2. The zero-order valence-corrected chi connectivity index (χ0v) is 12.7. The molecule has 0 aliphatic carbocycles. The number of nitrogens with one attached hydrogen (secondary N) is 1. The lowest BCUT2D eigenvalue weighted by molar-refractivity contribution is -0.384. The number of nitro groups is 1. The van der Waals surface area contributed by atoms with E-state index in [1.54, 1.807) is 4.90 Å². The lowest BCUT2D eigenvalue weighted by Gasteiger charge is -2.39. The summed E-state index contributed by atoms with van der Waals surface area (Å²) >= 11 is 0. The highest BCUT2D eigenvalue weighted by Gasteiger charge is 2.38. The number of nitro benzene ring substituents is 1. The molecule has 1 aromatic carbocycles. The number of amides is 1. The lowest BCUT2D eigenvalue weighted by Crippen LogP contribution is -2.44. The molecule has 0 radical (unpaired) electrons. The van der Waals surface area contributed by atoms with Crippen LogP contribution < -0.4 is 11.1 Å². The van der Waals surface area contributed by atoms with Gasteiger partial charge in [0.25, 0.3) is 11.6 Å². The van der Waals surface area contributed by atoms with Gasteiger partial charge in [0.1, 0.15) is 11.5 Å². The smallest absolute Gasteiger partial charge is 0.295 e. The Morgan fingerprint density at radius 3 is 2.61 bits per heavy atom. The zero-order valence-electron chi connectivity index (χ0n) is 12.7. The van der Waals surface area contributed by atoms with Crippen molar-refractivity contribution in [3.63, 3.8) is 0 Å². The van der Waals surface area contributed by atoms with Crippen molar-refractivity contribution in [3.05, 3.63) is 33.6 Å². The maximum absolute atomic E-state index is 13.6. The summed E-state index contributed by atoms with van der Waals surface area (Å²) in [7, 11) is 0. The summed E-state index contributed by atoms with van der Waals surface area (Å²) in [5.74, 6) is -1.27. The third kappa shape index (κ3) is 2.86. The molecule has 2 saturated heterocycles. The van der Waals surface area contributed by atoms with Crippen LogP contribution in [0.5, 0.6) is 0 Å². The third-order valence-corrected chi connectivity index (χ3v) is 4.99. The molecular weight excluding hydrogens is 303 g/mol. The van der Waals surface area contributed by atoms with Gasteiger partial charge in [-0.1, -0.05) is 0 Å². The molecule has 7 nitrogen and oxygen atoms in total. The van der Waals surface area contributed by atoms with Crippen LogP contribution in [0.1, 0.15) is 29.6 Å². The average Bonchev–Trinajstić information content (AvgIpc) is 2.97. The fraction of sp³-hybridized carbons (Fsp3) is 0.533. The molecule has 1 amide bonds. The van der Waals surface area contributed by atoms with Crippen LogP contribution in [0.2, 0.25) is 0 Å². The van der Waals surface area contributed by atoms with Crippen molar-refractivity contribution in [2.75, 3.05) is 31.9 Å². The molecular formula is C15H19FN4O3. The van der Waals surface area contributed by atoms with Gasteiger partial charge in [-0.25, -0.2) is 4.39 Å². The van der Waals surface area contributed by atoms with Crippen LogP contribution in [-0.2, 0) is 0 Å². The highest BCUT2D eigenvalue weighted by molar-refractivity contribution is 6.01. The van der Waals surface area contributed by atoms with Crippen molar-refractivity contribution in [2.24, 2.45) is 5.41 Å². The molecule has 8 heteroatoms. The van der Waals surface area contributed by atoms with Gasteiger partial charge in [0.15, 0.2) is 0 Å². The molecule has 23 heavy (non-hydrogen) atoms. The van der Waals surface area contributed by atoms with Crippen LogP contribution in [0.4, 0.5) is 15.8 Å². The van der Waals surface area contributed by atoms with Crippen LogP contribution in [0.3, 0.4) is 0 Å². The molecule has 0 atom stereocenters. The highest BCUT2D eigenvalue weighted by Crippen LogP contribution is 2.38. The SMILES string of the molecule is Nc1c(C(=O)N2CCC3(CCNC3)CC2)cc(F)cc1[N+](=O)[O-]. The largest absolute Gasteiger partial charge is 0.393 e. The van der Waals surface area contributed by atoms with E-state index in [0.29, 0.717) is 13.1 Å². The van der Waals surface area contributed by atoms with E-state index in [9.17, 15) is 19.3 Å². The number of nitrogen functional groups attached to an aromatic ring is 1. The molecule has 0 aromatic heterocycles. The van der Waals surface area contributed by atoms with Crippen LogP contribution in [0.15, 0.2) is 12.1 Å². The first kappa shape index (κ1) is 15.7. The van der Waals surface area contributed by atoms with Gasteiger partial charge < -0.3 is 16.0 Å². The quantitative estimate of drug-likeness (QED) is 0.488. The number of carbonyl (C=O) groups excluding carboxylic acids is 1. The summed E-state index contributed by atoms with van der Waals surface area (Å²) < 4.78 is 13.6. The lowest BCUT2D eigenvalue weighted by atomic mass is 9.78. The molecule has 2 aliphatic heterocycles. The molecule has 2 heterocycles. The molecule has 0 bridgehead atoms. The Morgan fingerprint density at radius 1 is 1.35 bits per heavy atom. The Kier molecular flexibility index (Phi) is 3.93. The van der Waals surface area contributed by atoms with E-state index in [1.807, 2.05) is 0 Å². The predicted octanol–water partition coefficient (Wildman–Crippen LogP) is 1.53. The van der Waals surface area contributed by atoms with Gasteiger partial charge in [-0.05, 0) is 37.3 Å². The topological polar surface area (TPSA) is 102 Å². The fourth-order valence-electron chi connectivity index (χ4n) is 3.51. The molecule has 2 fully saturated rings. The van der Waals surface area contributed by atoms with Crippen LogP contribution >= 0.6 is 0 Å². The second kappa shape index (κ2) is 5.77. The average molecular weight is 322 g/mol. The normalized spacial score (nSPS) is 20.0. The van der Waals surface area contributed by atoms with Crippen molar-refractivity contribution in [2.45, 2.75) is 19.3 Å². The first-order chi connectivity index (χ1) is 10.9. The predicted molar refractivity (Wildman–Crippen MR) is 82.5 cm³/mol. The van der Waals surface area contributed by atoms with Crippen LogP contribution in [-0.4, -0.2) is 41.9 Å². The number of hydrogen-bond acceptors (Lipinski definition) is 5. The number of carbonyl (C=O) groups is 1. The van der Waals surface area contributed by atoms with Gasteiger partial charge in [0.2, 0.25) is 0 Å². The summed E-state index contributed by atoms with van der Waals surface area (Å²) in [4.78, 5) is 24.4. The summed E-state index contributed by atoms with van der Waals surface area (Å²) in [6, 6.07) is 1.72. The number of nitrogens with two attached hydrogens (primary N) is 1. The molecule has 1 spiro atoms. The Hall–Kier alpha value is -2.22. The number of anilines is 1. The number of benzene rings is 1. The van der Waals surface area contributed by atoms with Gasteiger partial charge in [-0.2, -0.15) is 0 Å². The van der Waals surface area contributed by atoms with Crippen molar-refractivity contribution < 1.29 is 14.1 Å². The van der Waals surface area contributed by atoms with Crippen molar-refractivity contribution in [3.8, 4) is 0 Å². The first-order valence-electron chi connectivity index (χ1n) is 7.65. The minimum absolute atomic E-state index is 0.128. The van der Waals surface area contributed by atoms with Gasteiger partial charge in [0, 0.05) is 19.6 Å². The molecule has 3 N–H and O–H groups in total. The zero-order chi connectivity index (χ0) is 16.6. The van der Waals surface area contributed by atoms with Gasteiger partial charge in [-0.3, -0.25) is 14.9 Å². The van der Waals surface area contributed by atoms with E-state index >= 15 is 0 Å². The highest BCUT2D eigenvalue weighted by atomic mass is 19.1. The Bertz CT molecular complexity index is 648. The molecule has 0 saturated carbocycles. The minimum atomic E-state index is -0.831.